The third-order valence-electron chi connectivity index (χ3n) is 6.97. The van der Waals surface area contributed by atoms with E-state index in [4.69, 9.17) is 0 Å². The fourth-order valence-electron chi connectivity index (χ4n) is 4.86. The van der Waals surface area contributed by atoms with Crippen molar-refractivity contribution in [2.45, 2.75) is 44.9 Å². The minimum Gasteiger partial charge on any atom is -0.246 e. The van der Waals surface area contributed by atoms with Crippen LogP contribution in [0, 0.1) is 25.2 Å². The number of aryl methyl sites for hydroxylation is 2. The molecular weight excluding hydrogens is 406 g/mol. The van der Waals surface area contributed by atoms with Crippen molar-refractivity contribution in [2.75, 3.05) is 13.1 Å². The van der Waals surface area contributed by atoms with Crippen molar-refractivity contribution in [1.82, 2.24) is 4.31 Å². The lowest BCUT2D eigenvalue weighted by atomic mass is 9.69. The van der Waals surface area contributed by atoms with Crippen LogP contribution in [0.2, 0.25) is 0 Å². The predicted molar refractivity (Wildman–Crippen MR) is 140 cm³/mol. The Hall–Kier alpha value is -2.29. The van der Waals surface area contributed by atoms with Gasteiger partial charge in [0.25, 0.3) is 0 Å². The van der Waals surface area contributed by atoms with Gasteiger partial charge in [-0.25, -0.2) is 4.31 Å². The van der Waals surface area contributed by atoms with E-state index in [9.17, 15) is 0 Å². The fourth-order valence-corrected chi connectivity index (χ4v) is 5.81. The van der Waals surface area contributed by atoms with E-state index in [0.29, 0.717) is 5.92 Å². The topological polar surface area (TPSA) is 3.24 Å². The third kappa shape index (κ3) is 5.54. The second-order valence-corrected chi connectivity index (χ2v) is 10.7. The molecule has 1 unspecified atom stereocenters. The van der Waals surface area contributed by atoms with Gasteiger partial charge in [0.1, 0.15) is 0 Å². The molecule has 4 rings (SSSR count). The van der Waals surface area contributed by atoms with Gasteiger partial charge in [-0.3, -0.25) is 0 Å². The molecule has 1 atom stereocenters. The fraction of sp³-hybridized carbons (Fsp3) is 0.333. The van der Waals surface area contributed by atoms with Crippen LogP contribution in [0.1, 0.15) is 36.5 Å². The van der Waals surface area contributed by atoms with Gasteiger partial charge in [-0.1, -0.05) is 84.8 Å². The van der Waals surface area contributed by atoms with Crippen LogP contribution in [0.15, 0.2) is 90.3 Å². The monoisotopic (exact) mass is 441 g/mol. The smallest absolute Gasteiger partial charge is 0.0230 e. The Labute approximate surface area is 198 Å². The van der Waals surface area contributed by atoms with Crippen LogP contribution in [-0.2, 0) is 6.42 Å². The zero-order valence-corrected chi connectivity index (χ0v) is 20.5. The number of allylic oxidation sites excluding steroid dienone is 1. The number of benzene rings is 3. The van der Waals surface area contributed by atoms with E-state index in [1.807, 2.05) is 11.9 Å². The first-order valence-electron chi connectivity index (χ1n) is 11.7. The Balaban J connectivity index is 1.41. The first kappa shape index (κ1) is 22.9. The van der Waals surface area contributed by atoms with E-state index in [1.165, 1.54) is 45.6 Å². The van der Waals surface area contributed by atoms with Gasteiger partial charge in [0, 0.05) is 18.0 Å². The normalized spacial score (nSPS) is 17.1. The molecular formula is C30H35NS. The van der Waals surface area contributed by atoms with Crippen LogP contribution in [-0.4, -0.2) is 17.4 Å². The molecule has 0 bridgehead atoms. The highest BCUT2D eigenvalue weighted by Gasteiger charge is 2.34. The highest BCUT2D eigenvalue weighted by molar-refractivity contribution is 7.97. The molecule has 0 amide bonds. The summed E-state index contributed by atoms with van der Waals surface area (Å²) in [4.78, 5) is 1.34. The van der Waals surface area contributed by atoms with Crippen molar-refractivity contribution in [3.8, 4) is 11.1 Å². The standard InChI is InChI=1S/C30H35NS/c1-5-30(4,22-25-9-7-11-27(21-25)26-10-6-8-24(3)20-26)28-16-18-31(19-17-28)32-29-14-12-23(2)13-15-29/h5-15,20-21,28H,1,16-19,22H2,2-4H3. The summed E-state index contributed by atoms with van der Waals surface area (Å²) in [6.45, 7) is 13.3. The highest BCUT2D eigenvalue weighted by atomic mass is 32.2. The summed E-state index contributed by atoms with van der Waals surface area (Å²) in [5.41, 5.74) is 6.75. The van der Waals surface area contributed by atoms with E-state index >= 15 is 0 Å². The lowest BCUT2D eigenvalue weighted by molar-refractivity contribution is 0.168. The quantitative estimate of drug-likeness (QED) is 0.269. The van der Waals surface area contributed by atoms with Gasteiger partial charge in [0.2, 0.25) is 0 Å². The number of hydrogen-bond acceptors (Lipinski definition) is 2. The Kier molecular flexibility index (Phi) is 7.23. The zero-order chi connectivity index (χ0) is 22.6. The maximum absolute atomic E-state index is 4.27. The lowest BCUT2D eigenvalue weighted by Gasteiger charge is -2.41. The lowest BCUT2D eigenvalue weighted by Crippen LogP contribution is -2.37. The van der Waals surface area contributed by atoms with E-state index in [0.717, 1.165) is 19.5 Å². The third-order valence-corrected chi connectivity index (χ3v) is 8.08. The van der Waals surface area contributed by atoms with Crippen LogP contribution < -0.4 is 0 Å². The SMILES string of the molecule is C=CC(C)(Cc1cccc(-c2cccc(C)c2)c1)C1CCN(Sc2ccc(C)cc2)CC1. The molecule has 166 valence electrons. The minimum absolute atomic E-state index is 0.117. The molecule has 0 N–H and O–H groups in total. The number of hydrogen-bond donors (Lipinski definition) is 0. The maximum atomic E-state index is 4.27. The van der Waals surface area contributed by atoms with Crippen molar-refractivity contribution in [1.29, 1.82) is 0 Å². The molecule has 1 aliphatic rings. The summed E-state index contributed by atoms with van der Waals surface area (Å²) >= 11 is 1.91. The zero-order valence-electron chi connectivity index (χ0n) is 19.7. The molecule has 1 saturated heterocycles. The van der Waals surface area contributed by atoms with Crippen LogP contribution >= 0.6 is 11.9 Å². The van der Waals surface area contributed by atoms with Gasteiger partial charge in [-0.2, -0.15) is 0 Å². The van der Waals surface area contributed by atoms with Crippen molar-refractivity contribution in [3.63, 3.8) is 0 Å². The summed E-state index contributed by atoms with van der Waals surface area (Å²) in [5, 5.41) is 0. The van der Waals surface area contributed by atoms with Gasteiger partial charge in [-0.05, 0) is 85.2 Å². The van der Waals surface area contributed by atoms with E-state index in [-0.39, 0.29) is 5.41 Å². The average Bonchev–Trinajstić information content (AvgIpc) is 2.81. The number of piperidine rings is 1. The first-order chi connectivity index (χ1) is 15.4. The molecule has 0 saturated carbocycles. The largest absolute Gasteiger partial charge is 0.246 e. The molecule has 2 heteroatoms. The Morgan fingerprint density at radius 3 is 2.22 bits per heavy atom. The summed E-state index contributed by atoms with van der Waals surface area (Å²) in [7, 11) is 0. The molecule has 1 nitrogen and oxygen atoms in total. The van der Waals surface area contributed by atoms with Crippen LogP contribution in [0.3, 0.4) is 0 Å². The van der Waals surface area contributed by atoms with Gasteiger partial charge >= 0.3 is 0 Å². The summed E-state index contributed by atoms with van der Waals surface area (Å²) in [6, 6.07) is 26.8. The molecule has 3 aromatic rings. The van der Waals surface area contributed by atoms with Crippen molar-refractivity contribution in [3.05, 3.63) is 102 Å². The maximum Gasteiger partial charge on any atom is 0.0230 e. The Morgan fingerprint density at radius 1 is 0.906 bits per heavy atom. The van der Waals surface area contributed by atoms with Crippen molar-refractivity contribution >= 4 is 11.9 Å². The van der Waals surface area contributed by atoms with Crippen LogP contribution in [0.25, 0.3) is 11.1 Å². The second-order valence-electron chi connectivity index (χ2n) is 9.56. The van der Waals surface area contributed by atoms with E-state index in [2.05, 4.69) is 111 Å². The van der Waals surface area contributed by atoms with Crippen LogP contribution in [0.4, 0.5) is 0 Å². The first-order valence-corrected chi connectivity index (χ1v) is 12.5. The highest BCUT2D eigenvalue weighted by Crippen LogP contribution is 2.41. The van der Waals surface area contributed by atoms with E-state index < -0.39 is 0 Å². The molecule has 0 spiro atoms. The van der Waals surface area contributed by atoms with Crippen molar-refractivity contribution < 1.29 is 0 Å². The van der Waals surface area contributed by atoms with Gasteiger partial charge < -0.3 is 0 Å². The van der Waals surface area contributed by atoms with Gasteiger partial charge in [0.15, 0.2) is 0 Å². The van der Waals surface area contributed by atoms with Crippen molar-refractivity contribution in [2.24, 2.45) is 11.3 Å². The molecule has 0 aromatic heterocycles. The van der Waals surface area contributed by atoms with Gasteiger partial charge in [0.05, 0.1) is 0 Å². The molecule has 3 aromatic carbocycles. The van der Waals surface area contributed by atoms with Crippen LogP contribution in [0.5, 0.6) is 0 Å². The Bertz CT molecular complexity index is 1050. The Morgan fingerprint density at radius 2 is 1.56 bits per heavy atom. The number of rotatable bonds is 7. The summed E-state index contributed by atoms with van der Waals surface area (Å²) in [6.07, 6.45) is 5.71. The number of nitrogens with zero attached hydrogens (tertiary/aromatic N) is 1. The molecule has 0 radical (unpaired) electrons. The molecule has 1 fully saturated rings. The van der Waals surface area contributed by atoms with Gasteiger partial charge in [-0.15, -0.1) is 6.58 Å². The second kappa shape index (κ2) is 10.1. The molecule has 1 aliphatic heterocycles. The molecule has 32 heavy (non-hydrogen) atoms. The molecule has 0 aliphatic carbocycles. The minimum atomic E-state index is 0.117. The predicted octanol–water partition coefficient (Wildman–Crippen LogP) is 8.12. The van der Waals surface area contributed by atoms with E-state index in [1.54, 1.807) is 0 Å². The summed E-state index contributed by atoms with van der Waals surface area (Å²) in [5.74, 6) is 0.664. The average molecular weight is 442 g/mol. The molecule has 1 heterocycles. The summed E-state index contributed by atoms with van der Waals surface area (Å²) < 4.78 is 2.53.